The van der Waals surface area contributed by atoms with Gasteiger partial charge in [-0.1, -0.05) is 23.7 Å². The Bertz CT molecular complexity index is 874. The Balaban J connectivity index is 1.38. The normalized spacial score (nSPS) is 10.1. The molecule has 0 aliphatic rings. The third kappa shape index (κ3) is 6.12. The van der Waals surface area contributed by atoms with E-state index in [1.807, 2.05) is 18.2 Å². The molecule has 3 rings (SSSR count). The predicted octanol–water partition coefficient (Wildman–Crippen LogP) is 3.50. The van der Waals surface area contributed by atoms with Crippen LogP contribution in [0.5, 0.6) is 0 Å². The first kappa shape index (κ1) is 18.4. The lowest BCUT2D eigenvalue weighted by Crippen LogP contribution is -2.32. The minimum absolute atomic E-state index is 0.306. The number of hydrogen-bond acceptors (Lipinski definition) is 6. The molecule has 0 atom stereocenters. The zero-order valence-electron chi connectivity index (χ0n) is 14.3. The van der Waals surface area contributed by atoms with Crippen LogP contribution in [0.2, 0.25) is 5.02 Å². The van der Waals surface area contributed by atoms with Crippen LogP contribution in [-0.4, -0.2) is 34.3 Å². The number of pyridine rings is 1. The van der Waals surface area contributed by atoms with Gasteiger partial charge in [0.05, 0.1) is 0 Å². The molecule has 27 heavy (non-hydrogen) atoms. The zero-order valence-corrected chi connectivity index (χ0v) is 15.1. The van der Waals surface area contributed by atoms with Gasteiger partial charge in [-0.3, -0.25) is 0 Å². The van der Waals surface area contributed by atoms with Crippen molar-refractivity contribution in [2.24, 2.45) is 0 Å². The summed E-state index contributed by atoms with van der Waals surface area (Å²) < 4.78 is 0. The number of carbonyl (C=O) groups excluding carboxylic acids is 1. The highest BCUT2D eigenvalue weighted by molar-refractivity contribution is 6.30. The fourth-order valence-corrected chi connectivity index (χ4v) is 2.36. The van der Waals surface area contributed by atoms with Gasteiger partial charge < -0.3 is 21.3 Å². The largest absolute Gasteiger partial charge is 0.367 e. The summed E-state index contributed by atoms with van der Waals surface area (Å²) in [5.41, 5.74) is 0.634. The van der Waals surface area contributed by atoms with Gasteiger partial charge in [0.25, 0.3) is 0 Å². The molecule has 2 heterocycles. The molecule has 8 nitrogen and oxygen atoms in total. The Kier molecular flexibility index (Phi) is 6.37. The second-order valence-corrected chi connectivity index (χ2v) is 5.90. The van der Waals surface area contributed by atoms with E-state index >= 15 is 0 Å². The molecule has 0 fully saturated rings. The lowest BCUT2D eigenvalue weighted by atomic mass is 10.3. The van der Waals surface area contributed by atoms with E-state index < -0.39 is 0 Å². The summed E-state index contributed by atoms with van der Waals surface area (Å²) in [6.07, 6.45) is 1.70. The van der Waals surface area contributed by atoms with Crippen molar-refractivity contribution >= 4 is 40.8 Å². The van der Waals surface area contributed by atoms with Crippen LogP contribution in [0.25, 0.3) is 0 Å². The van der Waals surface area contributed by atoms with E-state index in [1.54, 1.807) is 42.6 Å². The Hall–Kier alpha value is -3.39. The maximum atomic E-state index is 11.8. The standard InChI is InChI=1S/C18H18ClN7O/c19-13-4-3-5-14(12-13)23-18(27)22-11-10-21-16-7-8-17(26-25-16)24-15-6-1-2-9-20-15/h1-9,12H,10-11H2,(H,21,25)(H,20,24,26)(H2,22,23,27). The van der Waals surface area contributed by atoms with Crippen LogP contribution in [0, 0.1) is 0 Å². The third-order valence-corrected chi connectivity index (χ3v) is 3.62. The second kappa shape index (κ2) is 9.35. The van der Waals surface area contributed by atoms with Crippen molar-refractivity contribution in [1.29, 1.82) is 0 Å². The molecule has 138 valence electrons. The lowest BCUT2D eigenvalue weighted by Gasteiger charge is -2.09. The number of amides is 2. The molecule has 1 aromatic carbocycles. The first-order chi connectivity index (χ1) is 13.2. The average molecular weight is 384 g/mol. The van der Waals surface area contributed by atoms with Gasteiger partial charge in [0.2, 0.25) is 0 Å². The summed E-state index contributed by atoms with van der Waals surface area (Å²) in [6, 6.07) is 15.8. The number of halogens is 1. The number of nitrogens with one attached hydrogen (secondary N) is 4. The van der Waals surface area contributed by atoms with Crippen molar-refractivity contribution in [3.05, 3.63) is 65.8 Å². The van der Waals surface area contributed by atoms with Gasteiger partial charge in [-0.15, -0.1) is 10.2 Å². The highest BCUT2D eigenvalue weighted by atomic mass is 35.5. The van der Waals surface area contributed by atoms with Crippen LogP contribution < -0.4 is 21.3 Å². The molecule has 2 aromatic heterocycles. The Labute approximate surface area is 161 Å². The van der Waals surface area contributed by atoms with Gasteiger partial charge >= 0.3 is 6.03 Å². The smallest absolute Gasteiger partial charge is 0.319 e. The molecule has 4 N–H and O–H groups in total. The van der Waals surface area contributed by atoms with Gasteiger partial charge in [0.15, 0.2) is 5.82 Å². The molecular weight excluding hydrogens is 366 g/mol. The van der Waals surface area contributed by atoms with Crippen LogP contribution in [0.1, 0.15) is 0 Å². The van der Waals surface area contributed by atoms with Crippen molar-refractivity contribution in [2.75, 3.05) is 29.0 Å². The van der Waals surface area contributed by atoms with Crippen molar-refractivity contribution in [1.82, 2.24) is 20.5 Å². The summed E-state index contributed by atoms with van der Waals surface area (Å²) in [5, 5.41) is 20.3. The molecule has 0 saturated heterocycles. The highest BCUT2D eigenvalue weighted by Gasteiger charge is 2.02. The minimum Gasteiger partial charge on any atom is -0.367 e. The molecule has 0 bridgehead atoms. The number of rotatable bonds is 7. The molecule has 9 heteroatoms. The van der Waals surface area contributed by atoms with E-state index in [1.165, 1.54) is 0 Å². The SMILES string of the molecule is O=C(NCCNc1ccc(Nc2ccccn2)nn1)Nc1cccc(Cl)c1. The third-order valence-electron chi connectivity index (χ3n) is 3.38. The van der Waals surface area contributed by atoms with Gasteiger partial charge in [0.1, 0.15) is 11.6 Å². The lowest BCUT2D eigenvalue weighted by molar-refractivity contribution is 0.252. The number of nitrogens with zero attached hydrogens (tertiary/aromatic N) is 3. The van der Waals surface area contributed by atoms with Gasteiger partial charge in [0, 0.05) is 30.0 Å². The molecule has 0 aliphatic heterocycles. The van der Waals surface area contributed by atoms with Crippen LogP contribution in [0.4, 0.5) is 27.9 Å². The van der Waals surface area contributed by atoms with Gasteiger partial charge in [-0.25, -0.2) is 9.78 Å². The maximum absolute atomic E-state index is 11.8. The zero-order chi connectivity index (χ0) is 18.9. The Morgan fingerprint density at radius 3 is 2.52 bits per heavy atom. The van der Waals surface area contributed by atoms with Crippen LogP contribution in [0.3, 0.4) is 0 Å². The van der Waals surface area contributed by atoms with Crippen LogP contribution in [-0.2, 0) is 0 Å². The first-order valence-corrected chi connectivity index (χ1v) is 8.63. The summed E-state index contributed by atoms with van der Waals surface area (Å²) >= 11 is 5.88. The second-order valence-electron chi connectivity index (χ2n) is 5.46. The molecule has 0 unspecified atom stereocenters. The maximum Gasteiger partial charge on any atom is 0.319 e. The van der Waals surface area contributed by atoms with Crippen molar-refractivity contribution < 1.29 is 4.79 Å². The van der Waals surface area contributed by atoms with E-state index in [2.05, 4.69) is 36.4 Å². The fraction of sp³-hybridized carbons (Fsp3) is 0.111. The summed E-state index contributed by atoms with van der Waals surface area (Å²) in [7, 11) is 0. The number of carbonyl (C=O) groups is 1. The highest BCUT2D eigenvalue weighted by Crippen LogP contribution is 2.14. The average Bonchev–Trinajstić information content (AvgIpc) is 2.67. The number of benzene rings is 1. The van der Waals surface area contributed by atoms with Crippen molar-refractivity contribution in [3.63, 3.8) is 0 Å². The van der Waals surface area contributed by atoms with Crippen LogP contribution in [0.15, 0.2) is 60.8 Å². The Morgan fingerprint density at radius 1 is 0.926 bits per heavy atom. The van der Waals surface area contributed by atoms with Crippen molar-refractivity contribution in [2.45, 2.75) is 0 Å². The van der Waals surface area contributed by atoms with Gasteiger partial charge in [-0.05, 0) is 42.5 Å². The molecule has 0 radical (unpaired) electrons. The minimum atomic E-state index is -0.306. The van der Waals surface area contributed by atoms with Gasteiger partial charge in [-0.2, -0.15) is 0 Å². The predicted molar refractivity (Wildman–Crippen MR) is 107 cm³/mol. The van der Waals surface area contributed by atoms with E-state index in [4.69, 9.17) is 11.6 Å². The summed E-state index contributed by atoms with van der Waals surface area (Å²) in [6.45, 7) is 0.923. The molecule has 0 aliphatic carbocycles. The molecule has 0 spiro atoms. The summed E-state index contributed by atoms with van der Waals surface area (Å²) in [5.74, 6) is 1.90. The molecular formula is C18H18ClN7O. The van der Waals surface area contributed by atoms with E-state index in [0.29, 0.717) is 41.3 Å². The molecule has 0 saturated carbocycles. The summed E-state index contributed by atoms with van der Waals surface area (Å²) in [4.78, 5) is 16.0. The van der Waals surface area contributed by atoms with Crippen LogP contribution >= 0.6 is 11.6 Å². The molecule has 3 aromatic rings. The van der Waals surface area contributed by atoms with E-state index in [0.717, 1.165) is 0 Å². The van der Waals surface area contributed by atoms with Crippen molar-refractivity contribution in [3.8, 4) is 0 Å². The fourth-order valence-electron chi connectivity index (χ4n) is 2.17. The Morgan fingerprint density at radius 2 is 1.78 bits per heavy atom. The number of urea groups is 1. The topological polar surface area (TPSA) is 104 Å². The number of hydrogen-bond donors (Lipinski definition) is 4. The van der Waals surface area contributed by atoms with E-state index in [9.17, 15) is 4.79 Å². The number of anilines is 4. The van der Waals surface area contributed by atoms with E-state index in [-0.39, 0.29) is 6.03 Å². The quantitative estimate of drug-likeness (QED) is 0.465. The molecule has 2 amide bonds. The number of aromatic nitrogens is 3. The first-order valence-electron chi connectivity index (χ1n) is 8.25. The monoisotopic (exact) mass is 383 g/mol.